The normalized spacial score (nSPS) is 51.2. The third-order valence-electron chi connectivity index (χ3n) is 6.06. The summed E-state index contributed by atoms with van der Waals surface area (Å²) >= 11 is 0. The third kappa shape index (κ3) is 5.59. The number of carboxylic acids is 1. The van der Waals surface area contributed by atoms with E-state index < -0.39 is 111 Å². The first kappa shape index (κ1) is 28.4. The summed E-state index contributed by atoms with van der Waals surface area (Å²) in [5.74, 6) is -1.72. The predicted octanol–water partition coefficient (Wildman–Crippen LogP) is -7.48. The molecule has 17 heteroatoms. The molecule has 11 N–H and O–H groups in total. The number of hydrogen-bond donors (Lipinski definition) is 11. The van der Waals surface area contributed by atoms with Gasteiger partial charge in [0, 0.05) is 0 Å². The van der Waals surface area contributed by atoms with E-state index in [0.717, 1.165) is 0 Å². The van der Waals surface area contributed by atoms with Crippen LogP contribution in [0.3, 0.4) is 0 Å². The number of ether oxygens (including phenoxy) is 5. The Morgan fingerprint density at radius 3 is 1.74 bits per heavy atom. The molecule has 0 saturated carbocycles. The molecular formula is C18H30O17. The van der Waals surface area contributed by atoms with Crippen molar-refractivity contribution in [2.75, 3.05) is 13.2 Å². The molecule has 0 aromatic heterocycles. The molecular weight excluding hydrogens is 488 g/mol. The van der Waals surface area contributed by atoms with Gasteiger partial charge in [0.25, 0.3) is 0 Å². The molecule has 15 atom stereocenters. The van der Waals surface area contributed by atoms with Crippen molar-refractivity contribution in [2.45, 2.75) is 92.1 Å². The van der Waals surface area contributed by atoms with Gasteiger partial charge in [-0.25, -0.2) is 4.79 Å². The van der Waals surface area contributed by atoms with Crippen molar-refractivity contribution in [2.24, 2.45) is 0 Å². The lowest BCUT2D eigenvalue weighted by molar-refractivity contribution is -0.385. The van der Waals surface area contributed by atoms with Crippen LogP contribution >= 0.6 is 0 Å². The number of carboxylic acid groups (broad SMARTS) is 1. The molecule has 0 aliphatic carbocycles. The SMILES string of the molecule is O=C(O)C1OC(OC2C(OC3C(O)C(O)OC(CO)C3O)OC(CO)C(O)C2O)C(O)C(O)C1O. The van der Waals surface area contributed by atoms with Gasteiger partial charge in [-0.3, -0.25) is 0 Å². The maximum Gasteiger partial charge on any atom is 0.335 e. The smallest absolute Gasteiger partial charge is 0.335 e. The molecule has 3 rings (SSSR count). The van der Waals surface area contributed by atoms with Crippen molar-refractivity contribution in [1.29, 1.82) is 0 Å². The molecule has 3 saturated heterocycles. The first-order valence-electron chi connectivity index (χ1n) is 10.6. The predicted molar refractivity (Wildman–Crippen MR) is 102 cm³/mol. The van der Waals surface area contributed by atoms with E-state index in [0.29, 0.717) is 0 Å². The van der Waals surface area contributed by atoms with Crippen LogP contribution in [0.1, 0.15) is 0 Å². The largest absolute Gasteiger partial charge is 0.479 e. The summed E-state index contributed by atoms with van der Waals surface area (Å²) in [5, 5.41) is 109. The van der Waals surface area contributed by atoms with Crippen LogP contribution in [0.5, 0.6) is 0 Å². The molecule has 3 aliphatic rings. The Morgan fingerprint density at radius 1 is 0.600 bits per heavy atom. The Kier molecular flexibility index (Phi) is 9.35. The highest BCUT2D eigenvalue weighted by Crippen LogP contribution is 2.32. The van der Waals surface area contributed by atoms with Crippen molar-refractivity contribution in [3.8, 4) is 0 Å². The molecule has 0 bridgehead atoms. The summed E-state index contributed by atoms with van der Waals surface area (Å²) in [4.78, 5) is 11.3. The summed E-state index contributed by atoms with van der Waals surface area (Å²) in [6, 6.07) is 0. The van der Waals surface area contributed by atoms with E-state index in [-0.39, 0.29) is 0 Å². The highest BCUT2D eigenvalue weighted by Gasteiger charge is 2.54. The topological polar surface area (TPSA) is 286 Å². The van der Waals surface area contributed by atoms with Gasteiger partial charge >= 0.3 is 5.97 Å². The van der Waals surface area contributed by atoms with E-state index in [2.05, 4.69) is 0 Å². The van der Waals surface area contributed by atoms with E-state index in [1.54, 1.807) is 0 Å². The first-order chi connectivity index (χ1) is 16.4. The second-order valence-corrected chi connectivity index (χ2v) is 8.37. The highest BCUT2D eigenvalue weighted by molar-refractivity contribution is 5.73. The van der Waals surface area contributed by atoms with Crippen LogP contribution in [0.4, 0.5) is 0 Å². The number of aliphatic hydroxyl groups is 10. The Bertz CT molecular complexity index is 711. The molecule has 0 spiro atoms. The zero-order chi connectivity index (χ0) is 26.2. The maximum absolute atomic E-state index is 11.3. The zero-order valence-corrected chi connectivity index (χ0v) is 17.9. The average molecular weight is 518 g/mol. The van der Waals surface area contributed by atoms with Gasteiger partial charge in [0.2, 0.25) is 0 Å². The Morgan fingerprint density at radius 2 is 1.17 bits per heavy atom. The van der Waals surface area contributed by atoms with Crippen LogP contribution in [-0.2, 0) is 28.5 Å². The molecule has 15 unspecified atom stereocenters. The lowest BCUT2D eigenvalue weighted by Gasteiger charge is -2.48. The lowest BCUT2D eigenvalue weighted by Crippen LogP contribution is -2.67. The minimum Gasteiger partial charge on any atom is -0.479 e. The lowest BCUT2D eigenvalue weighted by atomic mass is 9.96. The molecule has 3 aliphatic heterocycles. The van der Waals surface area contributed by atoms with E-state index in [4.69, 9.17) is 23.7 Å². The summed E-state index contributed by atoms with van der Waals surface area (Å²) < 4.78 is 26.0. The van der Waals surface area contributed by atoms with Gasteiger partial charge in [0.05, 0.1) is 13.2 Å². The average Bonchev–Trinajstić information content (AvgIpc) is 2.82. The van der Waals surface area contributed by atoms with Gasteiger partial charge in [-0.1, -0.05) is 0 Å². The number of rotatable bonds is 7. The summed E-state index contributed by atoms with van der Waals surface area (Å²) in [6.07, 6.45) is -28.1. The number of aliphatic carboxylic acids is 1. The van der Waals surface area contributed by atoms with Crippen LogP contribution in [0, 0.1) is 0 Å². The van der Waals surface area contributed by atoms with E-state index in [1.807, 2.05) is 0 Å². The molecule has 3 heterocycles. The molecule has 0 amide bonds. The second-order valence-electron chi connectivity index (χ2n) is 8.37. The Hall–Kier alpha value is -1.13. The molecule has 0 radical (unpaired) electrons. The summed E-state index contributed by atoms with van der Waals surface area (Å²) in [5.41, 5.74) is 0. The molecule has 3 fully saturated rings. The third-order valence-corrected chi connectivity index (χ3v) is 6.06. The Balaban J connectivity index is 1.86. The summed E-state index contributed by atoms with van der Waals surface area (Å²) in [6.45, 7) is -1.64. The van der Waals surface area contributed by atoms with Gasteiger partial charge in [-0.15, -0.1) is 0 Å². The van der Waals surface area contributed by atoms with Crippen molar-refractivity contribution in [3.63, 3.8) is 0 Å². The molecule has 0 aromatic carbocycles. The quantitative estimate of drug-likeness (QED) is 0.149. The highest BCUT2D eigenvalue weighted by atomic mass is 16.8. The van der Waals surface area contributed by atoms with Gasteiger partial charge in [0.1, 0.15) is 67.1 Å². The molecule has 0 aromatic rings. The number of hydrogen-bond acceptors (Lipinski definition) is 16. The van der Waals surface area contributed by atoms with Crippen LogP contribution in [-0.4, -0.2) is 167 Å². The number of carbonyl (C=O) groups is 1. The van der Waals surface area contributed by atoms with E-state index in [1.165, 1.54) is 0 Å². The van der Waals surface area contributed by atoms with Crippen LogP contribution in [0.25, 0.3) is 0 Å². The fraction of sp³-hybridized carbons (Fsp3) is 0.944. The second kappa shape index (κ2) is 11.5. The van der Waals surface area contributed by atoms with E-state index >= 15 is 0 Å². The van der Waals surface area contributed by atoms with Gasteiger partial charge in [0.15, 0.2) is 25.0 Å². The summed E-state index contributed by atoms with van der Waals surface area (Å²) in [7, 11) is 0. The minimum absolute atomic E-state index is 0.796. The van der Waals surface area contributed by atoms with Gasteiger partial charge in [-0.2, -0.15) is 0 Å². The van der Waals surface area contributed by atoms with Gasteiger partial charge in [-0.05, 0) is 0 Å². The maximum atomic E-state index is 11.3. The zero-order valence-electron chi connectivity index (χ0n) is 17.9. The molecule has 35 heavy (non-hydrogen) atoms. The standard InChI is InChI=1S/C18H30O17/c19-1-3-5(21)8(24)14(35-17-10(26)7(23)9(25)13(34-17)15(28)29)18(32-3)33-12-6(22)4(2-20)31-16(30)11(12)27/h3-14,16-27,30H,1-2H2,(H,28,29). The molecule has 17 nitrogen and oxygen atoms in total. The van der Waals surface area contributed by atoms with Crippen molar-refractivity contribution in [1.82, 2.24) is 0 Å². The van der Waals surface area contributed by atoms with Crippen molar-refractivity contribution < 1.29 is 84.7 Å². The van der Waals surface area contributed by atoms with Crippen LogP contribution < -0.4 is 0 Å². The fourth-order valence-corrected chi connectivity index (χ4v) is 4.01. The van der Waals surface area contributed by atoms with Crippen molar-refractivity contribution >= 4 is 5.97 Å². The van der Waals surface area contributed by atoms with Crippen LogP contribution in [0.15, 0.2) is 0 Å². The first-order valence-corrected chi connectivity index (χ1v) is 10.6. The van der Waals surface area contributed by atoms with E-state index in [9.17, 15) is 61.0 Å². The monoisotopic (exact) mass is 518 g/mol. The number of aliphatic hydroxyl groups excluding tert-OH is 10. The minimum atomic E-state index is -2.06. The molecule has 204 valence electrons. The Labute approximate surface area is 196 Å². The van der Waals surface area contributed by atoms with Crippen molar-refractivity contribution in [3.05, 3.63) is 0 Å². The van der Waals surface area contributed by atoms with Crippen LogP contribution in [0.2, 0.25) is 0 Å². The fourth-order valence-electron chi connectivity index (χ4n) is 4.01. The van der Waals surface area contributed by atoms with Gasteiger partial charge < -0.3 is 79.9 Å².